The number of ether oxygens (including phenoxy) is 1. The Bertz CT molecular complexity index is 741. The predicted molar refractivity (Wildman–Crippen MR) is 94.0 cm³/mol. The molecule has 0 radical (unpaired) electrons. The first-order valence-corrected chi connectivity index (χ1v) is 7.75. The van der Waals surface area contributed by atoms with Gasteiger partial charge < -0.3 is 15.4 Å². The second-order valence-electron chi connectivity index (χ2n) is 5.58. The monoisotopic (exact) mass is 326 g/mol. The zero-order valence-electron chi connectivity index (χ0n) is 14.2. The highest BCUT2D eigenvalue weighted by Gasteiger charge is 2.09. The van der Waals surface area contributed by atoms with E-state index in [4.69, 9.17) is 4.74 Å². The van der Waals surface area contributed by atoms with Crippen molar-refractivity contribution in [1.29, 1.82) is 0 Å². The minimum Gasteiger partial charge on any atom is -0.465 e. The maximum atomic E-state index is 12.0. The van der Waals surface area contributed by atoms with Crippen molar-refractivity contribution < 1.29 is 14.3 Å². The van der Waals surface area contributed by atoms with E-state index in [2.05, 4.69) is 10.6 Å². The molecular formula is C19H22N2O3. The van der Waals surface area contributed by atoms with Crippen molar-refractivity contribution in [3.63, 3.8) is 0 Å². The Balaban J connectivity index is 1.92. The minimum atomic E-state index is -0.401. The van der Waals surface area contributed by atoms with Crippen LogP contribution in [0.1, 0.15) is 27.0 Å². The van der Waals surface area contributed by atoms with Gasteiger partial charge in [0.05, 0.1) is 19.2 Å². The Morgan fingerprint density at radius 3 is 2.50 bits per heavy atom. The summed E-state index contributed by atoms with van der Waals surface area (Å²) in [4.78, 5) is 23.6. The van der Waals surface area contributed by atoms with E-state index in [1.807, 2.05) is 44.2 Å². The largest absolute Gasteiger partial charge is 0.465 e. The van der Waals surface area contributed by atoms with Crippen LogP contribution in [0.5, 0.6) is 0 Å². The van der Waals surface area contributed by atoms with E-state index in [0.717, 1.165) is 22.4 Å². The SMILES string of the molecule is COC(=O)c1ccc(C)c(NCC(=O)NCc2ccccc2C)c1. The molecule has 0 atom stereocenters. The number of methoxy groups -OCH3 is 1. The maximum Gasteiger partial charge on any atom is 0.337 e. The van der Waals surface area contributed by atoms with E-state index in [1.54, 1.807) is 12.1 Å². The van der Waals surface area contributed by atoms with Crippen LogP contribution >= 0.6 is 0 Å². The Kier molecular flexibility index (Phi) is 5.95. The van der Waals surface area contributed by atoms with E-state index in [9.17, 15) is 9.59 Å². The molecule has 2 N–H and O–H groups in total. The number of carbonyl (C=O) groups excluding carboxylic acids is 2. The summed E-state index contributed by atoms with van der Waals surface area (Å²) in [6.07, 6.45) is 0. The van der Waals surface area contributed by atoms with Gasteiger partial charge in [-0.2, -0.15) is 0 Å². The molecule has 0 aliphatic rings. The number of carbonyl (C=O) groups is 2. The van der Waals surface area contributed by atoms with Gasteiger partial charge in [-0.15, -0.1) is 0 Å². The number of esters is 1. The van der Waals surface area contributed by atoms with Gasteiger partial charge in [0.1, 0.15) is 0 Å². The van der Waals surface area contributed by atoms with E-state index in [0.29, 0.717) is 12.1 Å². The summed E-state index contributed by atoms with van der Waals surface area (Å²) in [5.41, 5.74) is 4.38. The second kappa shape index (κ2) is 8.15. The van der Waals surface area contributed by atoms with Gasteiger partial charge in [-0.05, 0) is 42.7 Å². The molecule has 0 spiro atoms. The Morgan fingerprint density at radius 2 is 1.79 bits per heavy atom. The van der Waals surface area contributed by atoms with Crippen LogP contribution in [0.25, 0.3) is 0 Å². The molecule has 0 unspecified atom stereocenters. The molecule has 0 aromatic heterocycles. The standard InChI is InChI=1S/C19H22N2O3/c1-13-6-4-5-7-16(13)11-21-18(22)12-20-17-10-15(19(23)24-3)9-8-14(17)2/h4-10,20H,11-12H2,1-3H3,(H,21,22). The molecule has 24 heavy (non-hydrogen) atoms. The van der Waals surface area contributed by atoms with Gasteiger partial charge in [-0.25, -0.2) is 4.79 Å². The van der Waals surface area contributed by atoms with Gasteiger partial charge in [0.2, 0.25) is 5.91 Å². The number of hydrogen-bond acceptors (Lipinski definition) is 4. The average molecular weight is 326 g/mol. The van der Waals surface area contributed by atoms with Gasteiger partial charge >= 0.3 is 5.97 Å². The van der Waals surface area contributed by atoms with E-state index < -0.39 is 5.97 Å². The van der Waals surface area contributed by atoms with Crippen molar-refractivity contribution in [3.05, 3.63) is 64.7 Å². The van der Waals surface area contributed by atoms with Crippen LogP contribution in [0.3, 0.4) is 0 Å². The topological polar surface area (TPSA) is 67.4 Å². The van der Waals surface area contributed by atoms with Crippen LogP contribution in [-0.2, 0) is 16.1 Å². The third-order valence-corrected chi connectivity index (χ3v) is 3.84. The van der Waals surface area contributed by atoms with Crippen LogP contribution in [0.2, 0.25) is 0 Å². The first-order chi connectivity index (χ1) is 11.5. The third kappa shape index (κ3) is 4.59. The Hall–Kier alpha value is -2.82. The van der Waals surface area contributed by atoms with Crippen molar-refractivity contribution in [3.8, 4) is 0 Å². The molecule has 2 rings (SSSR count). The number of nitrogens with one attached hydrogen (secondary N) is 2. The first kappa shape index (κ1) is 17.5. The van der Waals surface area contributed by atoms with Crippen LogP contribution in [0.15, 0.2) is 42.5 Å². The fourth-order valence-electron chi connectivity index (χ4n) is 2.30. The fourth-order valence-corrected chi connectivity index (χ4v) is 2.30. The highest BCUT2D eigenvalue weighted by Crippen LogP contribution is 2.17. The van der Waals surface area contributed by atoms with Crippen molar-refractivity contribution in [2.45, 2.75) is 20.4 Å². The summed E-state index contributed by atoms with van der Waals surface area (Å²) in [6.45, 7) is 4.56. The van der Waals surface area contributed by atoms with E-state index >= 15 is 0 Å². The second-order valence-corrected chi connectivity index (χ2v) is 5.58. The number of anilines is 1. The maximum absolute atomic E-state index is 12.0. The predicted octanol–water partition coefficient (Wildman–Crippen LogP) is 2.82. The Labute approximate surface area is 142 Å². The Morgan fingerprint density at radius 1 is 1.04 bits per heavy atom. The molecule has 5 heteroatoms. The molecule has 5 nitrogen and oxygen atoms in total. The molecule has 0 aliphatic heterocycles. The molecule has 0 heterocycles. The molecule has 126 valence electrons. The lowest BCUT2D eigenvalue weighted by Gasteiger charge is -2.12. The number of amides is 1. The molecule has 0 saturated heterocycles. The quantitative estimate of drug-likeness (QED) is 0.801. The highest BCUT2D eigenvalue weighted by atomic mass is 16.5. The summed E-state index contributed by atoms with van der Waals surface area (Å²) in [7, 11) is 1.34. The zero-order valence-corrected chi connectivity index (χ0v) is 14.2. The number of rotatable bonds is 6. The van der Waals surface area contributed by atoms with Crippen molar-refractivity contribution in [1.82, 2.24) is 5.32 Å². The van der Waals surface area contributed by atoms with E-state index in [-0.39, 0.29) is 12.5 Å². The van der Waals surface area contributed by atoms with Gasteiger partial charge in [-0.1, -0.05) is 30.3 Å². The molecule has 2 aromatic carbocycles. The van der Waals surface area contributed by atoms with Crippen molar-refractivity contribution >= 4 is 17.6 Å². The third-order valence-electron chi connectivity index (χ3n) is 3.84. The molecule has 0 bridgehead atoms. The van der Waals surface area contributed by atoms with Crippen LogP contribution in [-0.4, -0.2) is 25.5 Å². The lowest BCUT2D eigenvalue weighted by Crippen LogP contribution is -2.29. The summed E-state index contributed by atoms with van der Waals surface area (Å²) in [6, 6.07) is 13.1. The highest BCUT2D eigenvalue weighted by molar-refractivity contribution is 5.91. The number of hydrogen-bond donors (Lipinski definition) is 2. The van der Waals surface area contributed by atoms with Crippen LogP contribution in [0, 0.1) is 13.8 Å². The van der Waals surface area contributed by atoms with Gasteiger partial charge in [-0.3, -0.25) is 4.79 Å². The summed E-state index contributed by atoms with van der Waals surface area (Å²) in [5.74, 6) is -0.511. The first-order valence-electron chi connectivity index (χ1n) is 7.75. The number of benzene rings is 2. The van der Waals surface area contributed by atoms with Gasteiger partial charge in [0, 0.05) is 12.2 Å². The summed E-state index contributed by atoms with van der Waals surface area (Å²) < 4.78 is 4.71. The summed E-state index contributed by atoms with van der Waals surface area (Å²) in [5, 5.41) is 5.95. The molecule has 0 fully saturated rings. The van der Waals surface area contributed by atoms with Gasteiger partial charge in [0.25, 0.3) is 0 Å². The lowest BCUT2D eigenvalue weighted by atomic mass is 10.1. The van der Waals surface area contributed by atoms with Crippen LogP contribution in [0.4, 0.5) is 5.69 Å². The smallest absolute Gasteiger partial charge is 0.337 e. The lowest BCUT2D eigenvalue weighted by molar-refractivity contribution is -0.119. The molecule has 1 amide bonds. The summed E-state index contributed by atoms with van der Waals surface area (Å²) >= 11 is 0. The van der Waals surface area contributed by atoms with Crippen LogP contribution < -0.4 is 10.6 Å². The molecular weight excluding hydrogens is 304 g/mol. The van der Waals surface area contributed by atoms with Gasteiger partial charge in [0.15, 0.2) is 0 Å². The molecule has 2 aromatic rings. The molecule has 0 aliphatic carbocycles. The van der Waals surface area contributed by atoms with E-state index in [1.165, 1.54) is 7.11 Å². The van der Waals surface area contributed by atoms with Crippen molar-refractivity contribution in [2.24, 2.45) is 0 Å². The zero-order chi connectivity index (χ0) is 17.5. The molecule has 0 saturated carbocycles. The minimum absolute atomic E-state index is 0.110. The van der Waals surface area contributed by atoms with Crippen molar-refractivity contribution in [2.75, 3.05) is 19.0 Å². The fraction of sp³-hybridized carbons (Fsp3) is 0.263. The normalized spacial score (nSPS) is 10.1. The average Bonchev–Trinajstić information content (AvgIpc) is 2.59. The number of aryl methyl sites for hydroxylation is 2.